The third-order valence-electron chi connectivity index (χ3n) is 1.91. The SMILES string of the molecule is O=CCOCCC1(O)C=CC(=O)C=C1. The first kappa shape index (κ1) is 10.8. The number of carbonyl (C=O) groups excluding carboxylic acids is 2. The smallest absolute Gasteiger partial charge is 0.178 e. The van der Waals surface area contributed by atoms with Crippen LogP contribution in [0.25, 0.3) is 0 Å². The van der Waals surface area contributed by atoms with E-state index in [9.17, 15) is 14.7 Å². The Kier molecular flexibility index (Phi) is 3.73. The highest BCUT2D eigenvalue weighted by atomic mass is 16.5. The molecule has 0 aromatic rings. The van der Waals surface area contributed by atoms with Crippen LogP contribution < -0.4 is 0 Å². The predicted molar refractivity (Wildman–Crippen MR) is 49.7 cm³/mol. The van der Waals surface area contributed by atoms with Crippen LogP contribution in [0.5, 0.6) is 0 Å². The molecule has 0 unspecified atom stereocenters. The third-order valence-corrected chi connectivity index (χ3v) is 1.91. The standard InChI is InChI=1S/C10H12O4/c11-6-8-14-7-5-10(13)3-1-9(12)2-4-10/h1-4,6,13H,5,7-8H2. The van der Waals surface area contributed by atoms with Gasteiger partial charge in [0.1, 0.15) is 18.5 Å². The van der Waals surface area contributed by atoms with E-state index < -0.39 is 5.60 Å². The zero-order valence-electron chi connectivity index (χ0n) is 7.68. The van der Waals surface area contributed by atoms with Gasteiger partial charge in [-0.1, -0.05) is 0 Å². The topological polar surface area (TPSA) is 63.6 Å². The van der Waals surface area contributed by atoms with Crippen molar-refractivity contribution in [3.05, 3.63) is 24.3 Å². The van der Waals surface area contributed by atoms with Gasteiger partial charge in [-0.25, -0.2) is 0 Å². The number of rotatable bonds is 5. The lowest BCUT2D eigenvalue weighted by molar-refractivity contribution is -0.112. The second-order valence-corrected chi connectivity index (χ2v) is 3.05. The second-order valence-electron chi connectivity index (χ2n) is 3.05. The molecule has 0 heterocycles. The summed E-state index contributed by atoms with van der Waals surface area (Å²) in [4.78, 5) is 20.7. The predicted octanol–water partition coefficient (Wildman–Crippen LogP) is 0.0182. The molecule has 4 nitrogen and oxygen atoms in total. The molecule has 0 bridgehead atoms. The van der Waals surface area contributed by atoms with E-state index in [0.717, 1.165) is 0 Å². The summed E-state index contributed by atoms with van der Waals surface area (Å²) in [7, 11) is 0. The quantitative estimate of drug-likeness (QED) is 0.497. The average molecular weight is 196 g/mol. The van der Waals surface area contributed by atoms with E-state index in [-0.39, 0.29) is 19.0 Å². The fourth-order valence-electron chi connectivity index (χ4n) is 1.10. The Morgan fingerprint density at radius 3 is 2.64 bits per heavy atom. The lowest BCUT2D eigenvalue weighted by atomic mass is 9.94. The van der Waals surface area contributed by atoms with Gasteiger partial charge in [0.25, 0.3) is 0 Å². The molecule has 0 amide bonds. The van der Waals surface area contributed by atoms with E-state index in [2.05, 4.69) is 0 Å². The number of aldehydes is 1. The van der Waals surface area contributed by atoms with Crippen molar-refractivity contribution < 1.29 is 19.4 Å². The van der Waals surface area contributed by atoms with Crippen molar-refractivity contribution in [2.45, 2.75) is 12.0 Å². The van der Waals surface area contributed by atoms with Gasteiger partial charge in [-0.2, -0.15) is 0 Å². The fraction of sp³-hybridized carbons (Fsp3) is 0.400. The van der Waals surface area contributed by atoms with E-state index in [0.29, 0.717) is 12.7 Å². The minimum atomic E-state index is -1.11. The Labute approximate surface area is 81.9 Å². The van der Waals surface area contributed by atoms with Crippen molar-refractivity contribution in [2.75, 3.05) is 13.2 Å². The normalized spacial score (nSPS) is 18.5. The van der Waals surface area contributed by atoms with Crippen LogP contribution in [0, 0.1) is 0 Å². The van der Waals surface area contributed by atoms with Gasteiger partial charge in [0.2, 0.25) is 0 Å². The maximum atomic E-state index is 10.8. The maximum Gasteiger partial charge on any atom is 0.178 e. The van der Waals surface area contributed by atoms with Crippen molar-refractivity contribution >= 4 is 12.1 Å². The van der Waals surface area contributed by atoms with Crippen LogP contribution in [0.15, 0.2) is 24.3 Å². The highest BCUT2D eigenvalue weighted by Crippen LogP contribution is 2.17. The summed E-state index contributed by atoms with van der Waals surface area (Å²) >= 11 is 0. The summed E-state index contributed by atoms with van der Waals surface area (Å²) in [6, 6.07) is 0. The number of allylic oxidation sites excluding steroid dienone is 2. The van der Waals surface area contributed by atoms with Crippen molar-refractivity contribution in [3.8, 4) is 0 Å². The summed E-state index contributed by atoms with van der Waals surface area (Å²) in [6.07, 6.45) is 6.49. The lowest BCUT2D eigenvalue weighted by Crippen LogP contribution is -2.27. The van der Waals surface area contributed by atoms with Crippen molar-refractivity contribution in [2.24, 2.45) is 0 Å². The number of hydrogen-bond donors (Lipinski definition) is 1. The summed E-state index contributed by atoms with van der Waals surface area (Å²) in [5.74, 6) is -0.136. The molecule has 0 saturated heterocycles. The van der Waals surface area contributed by atoms with E-state index in [1.165, 1.54) is 24.3 Å². The Balaban J connectivity index is 2.36. The molecule has 1 N–H and O–H groups in total. The van der Waals surface area contributed by atoms with Crippen LogP contribution in [0.3, 0.4) is 0 Å². The number of carbonyl (C=O) groups is 2. The van der Waals surface area contributed by atoms with Gasteiger partial charge < -0.3 is 14.6 Å². The largest absolute Gasteiger partial charge is 0.382 e. The molecule has 0 aromatic heterocycles. The molecule has 4 heteroatoms. The van der Waals surface area contributed by atoms with Crippen LogP contribution in [0.4, 0.5) is 0 Å². The highest BCUT2D eigenvalue weighted by molar-refractivity contribution is 6.00. The van der Waals surface area contributed by atoms with Gasteiger partial charge in [-0.3, -0.25) is 4.79 Å². The number of ether oxygens (including phenoxy) is 1. The Bertz CT molecular complexity index is 262. The van der Waals surface area contributed by atoms with E-state index in [1.54, 1.807) is 0 Å². The highest BCUT2D eigenvalue weighted by Gasteiger charge is 2.22. The van der Waals surface area contributed by atoms with Crippen LogP contribution in [0.1, 0.15) is 6.42 Å². The molecular weight excluding hydrogens is 184 g/mol. The zero-order valence-corrected chi connectivity index (χ0v) is 7.68. The monoisotopic (exact) mass is 196 g/mol. The molecule has 1 rings (SSSR count). The van der Waals surface area contributed by atoms with Gasteiger partial charge in [0.05, 0.1) is 6.61 Å². The Morgan fingerprint density at radius 2 is 2.07 bits per heavy atom. The average Bonchev–Trinajstić information content (AvgIpc) is 2.18. The number of aliphatic hydroxyl groups is 1. The van der Waals surface area contributed by atoms with Crippen LogP contribution in [0.2, 0.25) is 0 Å². The molecule has 76 valence electrons. The van der Waals surface area contributed by atoms with Gasteiger partial charge >= 0.3 is 0 Å². The minimum absolute atomic E-state index is 0.0302. The van der Waals surface area contributed by atoms with E-state index >= 15 is 0 Å². The first-order valence-corrected chi connectivity index (χ1v) is 4.32. The summed E-state index contributed by atoms with van der Waals surface area (Å²) < 4.78 is 4.90. The molecule has 1 aliphatic rings. The van der Waals surface area contributed by atoms with Crippen molar-refractivity contribution in [3.63, 3.8) is 0 Å². The summed E-state index contributed by atoms with van der Waals surface area (Å²) in [5.41, 5.74) is -1.11. The van der Waals surface area contributed by atoms with Gasteiger partial charge in [0, 0.05) is 6.42 Å². The zero-order chi connectivity index (χ0) is 10.4. The van der Waals surface area contributed by atoms with Gasteiger partial charge in [-0.15, -0.1) is 0 Å². The molecule has 0 aromatic carbocycles. The molecule has 0 aliphatic heterocycles. The van der Waals surface area contributed by atoms with Crippen molar-refractivity contribution in [1.29, 1.82) is 0 Å². The first-order valence-electron chi connectivity index (χ1n) is 4.32. The molecule has 0 radical (unpaired) electrons. The minimum Gasteiger partial charge on any atom is -0.382 e. The summed E-state index contributed by atoms with van der Waals surface area (Å²) in [6.45, 7) is 0.306. The van der Waals surface area contributed by atoms with Gasteiger partial charge in [-0.05, 0) is 24.3 Å². The van der Waals surface area contributed by atoms with Crippen LogP contribution in [-0.2, 0) is 14.3 Å². The Morgan fingerprint density at radius 1 is 1.43 bits per heavy atom. The lowest BCUT2D eigenvalue weighted by Gasteiger charge is -2.21. The molecule has 0 fully saturated rings. The van der Waals surface area contributed by atoms with E-state index in [4.69, 9.17) is 4.74 Å². The van der Waals surface area contributed by atoms with Crippen LogP contribution >= 0.6 is 0 Å². The molecule has 1 aliphatic carbocycles. The Hall–Kier alpha value is -1.26. The second kappa shape index (κ2) is 4.83. The molecule has 0 spiro atoms. The molecule has 0 atom stereocenters. The molecular formula is C10H12O4. The maximum absolute atomic E-state index is 10.8. The summed E-state index contributed by atoms with van der Waals surface area (Å²) in [5, 5.41) is 9.79. The molecule has 14 heavy (non-hydrogen) atoms. The molecule has 0 saturated carbocycles. The number of hydrogen-bond acceptors (Lipinski definition) is 4. The van der Waals surface area contributed by atoms with Crippen molar-refractivity contribution in [1.82, 2.24) is 0 Å². The van der Waals surface area contributed by atoms with E-state index in [1.807, 2.05) is 0 Å². The van der Waals surface area contributed by atoms with Gasteiger partial charge in [0.15, 0.2) is 5.78 Å². The third kappa shape index (κ3) is 3.24. The first-order chi connectivity index (χ1) is 6.66. The van der Waals surface area contributed by atoms with Crippen LogP contribution in [-0.4, -0.2) is 36.0 Å². The fourth-order valence-corrected chi connectivity index (χ4v) is 1.10. The number of ketones is 1.